The van der Waals surface area contributed by atoms with Crippen molar-refractivity contribution in [3.63, 3.8) is 0 Å². The molecule has 0 fully saturated rings. The highest BCUT2D eigenvalue weighted by Gasteiger charge is 2.37. The first kappa shape index (κ1) is 29.4. The van der Waals surface area contributed by atoms with Crippen molar-refractivity contribution in [3.05, 3.63) is 77.4 Å². The van der Waals surface area contributed by atoms with E-state index in [1.807, 2.05) is 57.2 Å². The van der Waals surface area contributed by atoms with Gasteiger partial charge in [0.2, 0.25) is 11.8 Å². The lowest BCUT2D eigenvalue weighted by molar-refractivity contribution is -0.140. The van der Waals surface area contributed by atoms with Gasteiger partial charge in [0.1, 0.15) is 6.04 Å². The van der Waals surface area contributed by atoms with Crippen LogP contribution in [-0.4, -0.2) is 64.8 Å². The Kier molecular flexibility index (Phi) is 9.14. The minimum absolute atomic E-state index is 0.0406. The number of amides is 4. The van der Waals surface area contributed by atoms with E-state index in [1.165, 1.54) is 0 Å². The number of carboxylic acid groups (broad SMARTS) is 1. The molecular weight excluding hydrogens is 524 g/mol. The van der Waals surface area contributed by atoms with Gasteiger partial charge in [0.05, 0.1) is 23.7 Å². The van der Waals surface area contributed by atoms with Gasteiger partial charge in [-0.1, -0.05) is 56.3 Å². The van der Waals surface area contributed by atoms with Crippen molar-refractivity contribution >= 4 is 46.1 Å². The van der Waals surface area contributed by atoms with Gasteiger partial charge in [0, 0.05) is 12.2 Å². The van der Waals surface area contributed by atoms with Gasteiger partial charge >= 0.3 is 5.97 Å². The summed E-state index contributed by atoms with van der Waals surface area (Å²) < 4.78 is 0. The molecule has 0 aromatic heterocycles. The van der Waals surface area contributed by atoms with E-state index in [0.717, 1.165) is 21.2 Å². The fraction of sp³-hybridized carbons (Fsp3) is 0.323. The Morgan fingerprint density at radius 3 is 2.02 bits per heavy atom. The lowest BCUT2D eigenvalue weighted by atomic mass is 10.0. The Bertz CT molecular complexity index is 1450. The number of anilines is 1. The summed E-state index contributed by atoms with van der Waals surface area (Å²) >= 11 is 0. The van der Waals surface area contributed by atoms with Gasteiger partial charge in [0.25, 0.3) is 11.8 Å². The number of aryl methyl sites for hydroxylation is 1. The second kappa shape index (κ2) is 12.7. The van der Waals surface area contributed by atoms with Gasteiger partial charge in [0.15, 0.2) is 0 Å². The molecule has 0 saturated heterocycles. The number of carbonyl (C=O) groups excluding carboxylic acids is 4. The zero-order valence-corrected chi connectivity index (χ0v) is 23.3. The molecule has 0 spiro atoms. The normalized spacial score (nSPS) is 14.2. The van der Waals surface area contributed by atoms with E-state index in [1.54, 1.807) is 24.3 Å². The van der Waals surface area contributed by atoms with Crippen LogP contribution in [-0.2, 0) is 14.4 Å². The first-order chi connectivity index (χ1) is 19.5. The monoisotopic (exact) mass is 558 g/mol. The number of carbonyl (C=O) groups is 5. The van der Waals surface area contributed by atoms with Gasteiger partial charge < -0.3 is 15.7 Å². The number of hydrogen-bond acceptors (Lipinski definition) is 6. The summed E-state index contributed by atoms with van der Waals surface area (Å²) in [5.41, 5.74) is 2.09. The standard InChI is InChI=1S/C31H34N4O6/c1-18(2)14-26(28(37)32-17-27(36)34-24-11-7-4-8-19(24)3)33-25(31(40)41)12-13-35-29(38)22-15-20-9-5-6-10-21(20)16-23(22)30(35)39/h4-11,15-16,18,25-26,33H,12-14,17H2,1-3H3,(H,32,37)(H,34,36)(H,40,41)/t25?,26-/m0/s1. The molecule has 10 nitrogen and oxygen atoms in total. The molecule has 4 rings (SSSR count). The first-order valence-corrected chi connectivity index (χ1v) is 13.6. The van der Waals surface area contributed by atoms with Crippen LogP contribution in [0.3, 0.4) is 0 Å². The molecule has 4 N–H and O–H groups in total. The number of hydrogen-bond donors (Lipinski definition) is 4. The van der Waals surface area contributed by atoms with Crippen LogP contribution in [0.2, 0.25) is 0 Å². The Hall–Kier alpha value is -4.57. The van der Waals surface area contributed by atoms with E-state index in [2.05, 4.69) is 16.0 Å². The number of nitrogens with zero attached hydrogens (tertiary/aromatic N) is 1. The number of imide groups is 1. The van der Waals surface area contributed by atoms with Gasteiger partial charge in [-0.2, -0.15) is 0 Å². The van der Waals surface area contributed by atoms with E-state index < -0.39 is 41.7 Å². The quantitative estimate of drug-likeness (QED) is 0.250. The largest absolute Gasteiger partial charge is 0.480 e. The van der Waals surface area contributed by atoms with Crippen molar-refractivity contribution in [1.29, 1.82) is 0 Å². The van der Waals surface area contributed by atoms with E-state index in [-0.39, 0.29) is 36.6 Å². The molecule has 3 aromatic carbocycles. The smallest absolute Gasteiger partial charge is 0.320 e. The SMILES string of the molecule is Cc1ccccc1NC(=O)CNC(=O)[C@H](CC(C)C)NC(CCN1C(=O)c2cc3ccccc3cc2C1=O)C(=O)O. The minimum atomic E-state index is -1.22. The Morgan fingerprint density at radius 1 is 0.878 bits per heavy atom. The number of aliphatic carboxylic acids is 1. The van der Waals surface area contributed by atoms with E-state index in [4.69, 9.17) is 0 Å². The molecule has 41 heavy (non-hydrogen) atoms. The van der Waals surface area contributed by atoms with Gasteiger partial charge in [-0.3, -0.25) is 34.2 Å². The maximum atomic E-state index is 13.0. The third-order valence-corrected chi connectivity index (χ3v) is 7.04. The van der Waals surface area contributed by atoms with Crippen molar-refractivity contribution in [2.45, 2.75) is 45.7 Å². The summed E-state index contributed by atoms with van der Waals surface area (Å²) in [5.74, 6) is -3.06. The molecule has 0 saturated carbocycles. The van der Waals surface area contributed by atoms with Crippen LogP contribution in [0.1, 0.15) is 53.0 Å². The predicted octanol–water partition coefficient (Wildman–Crippen LogP) is 3.35. The summed E-state index contributed by atoms with van der Waals surface area (Å²) in [7, 11) is 0. The number of rotatable bonds is 12. The van der Waals surface area contributed by atoms with Crippen LogP contribution in [0.25, 0.3) is 10.8 Å². The second-order valence-electron chi connectivity index (χ2n) is 10.6. The second-order valence-corrected chi connectivity index (χ2v) is 10.6. The van der Waals surface area contributed by atoms with Crippen LogP contribution >= 0.6 is 0 Å². The number of fused-ring (bicyclic) bond motifs is 2. The van der Waals surface area contributed by atoms with E-state index in [0.29, 0.717) is 12.1 Å². The van der Waals surface area contributed by atoms with Crippen molar-refractivity contribution in [2.24, 2.45) is 5.92 Å². The van der Waals surface area contributed by atoms with Crippen LogP contribution in [0.5, 0.6) is 0 Å². The highest BCUT2D eigenvalue weighted by Crippen LogP contribution is 2.28. The lowest BCUT2D eigenvalue weighted by Gasteiger charge is -2.25. The van der Waals surface area contributed by atoms with Crippen LogP contribution in [0.15, 0.2) is 60.7 Å². The maximum Gasteiger partial charge on any atom is 0.320 e. The minimum Gasteiger partial charge on any atom is -0.480 e. The Labute approximate surface area is 238 Å². The molecule has 10 heteroatoms. The summed E-state index contributed by atoms with van der Waals surface area (Å²) in [6, 6.07) is 15.9. The van der Waals surface area contributed by atoms with E-state index >= 15 is 0 Å². The van der Waals surface area contributed by atoms with Gasteiger partial charge in [-0.05, 0) is 60.2 Å². The molecule has 1 aliphatic heterocycles. The fourth-order valence-electron chi connectivity index (χ4n) is 4.88. The highest BCUT2D eigenvalue weighted by molar-refractivity contribution is 6.23. The maximum absolute atomic E-state index is 13.0. The van der Waals surface area contributed by atoms with Crippen LogP contribution in [0.4, 0.5) is 5.69 Å². The molecule has 1 aliphatic rings. The first-order valence-electron chi connectivity index (χ1n) is 13.6. The average molecular weight is 559 g/mol. The average Bonchev–Trinajstić information content (AvgIpc) is 3.16. The number of carboxylic acids is 1. The lowest BCUT2D eigenvalue weighted by Crippen LogP contribution is -2.53. The van der Waals surface area contributed by atoms with Crippen molar-refractivity contribution in [3.8, 4) is 0 Å². The molecule has 4 amide bonds. The number of para-hydroxylation sites is 1. The van der Waals surface area contributed by atoms with Gasteiger partial charge in [-0.25, -0.2) is 0 Å². The molecule has 1 heterocycles. The summed E-state index contributed by atoms with van der Waals surface area (Å²) in [4.78, 5) is 64.7. The third kappa shape index (κ3) is 6.96. The zero-order chi connectivity index (χ0) is 29.7. The fourth-order valence-corrected chi connectivity index (χ4v) is 4.88. The molecule has 2 atom stereocenters. The zero-order valence-electron chi connectivity index (χ0n) is 23.3. The molecule has 0 aliphatic carbocycles. The molecule has 214 valence electrons. The van der Waals surface area contributed by atoms with Crippen LogP contribution in [0, 0.1) is 12.8 Å². The summed E-state index contributed by atoms with van der Waals surface area (Å²) in [6.07, 6.45) is 0.213. The van der Waals surface area contributed by atoms with Gasteiger partial charge in [-0.15, -0.1) is 0 Å². The molecule has 3 aromatic rings. The number of nitrogens with one attached hydrogen (secondary N) is 3. The predicted molar refractivity (Wildman–Crippen MR) is 155 cm³/mol. The molecular formula is C31H34N4O6. The summed E-state index contributed by atoms with van der Waals surface area (Å²) in [5, 5.41) is 19.8. The highest BCUT2D eigenvalue weighted by atomic mass is 16.4. The topological polar surface area (TPSA) is 145 Å². The number of benzene rings is 3. The van der Waals surface area contributed by atoms with Crippen molar-refractivity contribution in [1.82, 2.24) is 15.5 Å². The summed E-state index contributed by atoms with van der Waals surface area (Å²) in [6.45, 7) is 5.22. The van der Waals surface area contributed by atoms with Crippen molar-refractivity contribution < 1.29 is 29.1 Å². The Balaban J connectivity index is 1.39. The van der Waals surface area contributed by atoms with E-state index in [9.17, 15) is 29.1 Å². The molecule has 0 radical (unpaired) electrons. The molecule has 1 unspecified atom stereocenters. The van der Waals surface area contributed by atoms with Crippen LogP contribution < -0.4 is 16.0 Å². The van der Waals surface area contributed by atoms with Crippen molar-refractivity contribution in [2.75, 3.05) is 18.4 Å². The third-order valence-electron chi connectivity index (χ3n) is 7.04. The Morgan fingerprint density at radius 2 is 1.46 bits per heavy atom. The molecule has 0 bridgehead atoms.